The average Bonchev–Trinajstić information content (AvgIpc) is 1.59. The Balaban J connectivity index is 0.593. The first kappa shape index (κ1) is 72.2. The van der Waals surface area contributed by atoms with E-state index in [0.717, 1.165) is 151 Å². The number of benzene rings is 19. The number of anilines is 6. The van der Waals surface area contributed by atoms with Crippen LogP contribution in [0.2, 0.25) is 0 Å². The minimum atomic E-state index is 0.683. The second-order valence-corrected chi connectivity index (χ2v) is 31.3. The normalized spacial score (nSPS) is 11.4. The molecule has 0 saturated heterocycles. The Morgan fingerprint density at radius 1 is 0.156 bits per heavy atom. The standard InChI is InChI=1S/C116H78N6/c1-8-24-79(25-9-1)83-42-56-99(57-43-83)119(100-62-48-86(49-63-100)93-54-68-113-108(75-93)106-38-22-23-39-112(106)121(113)103-64-50-89(51-65-103)116-117-110(87-32-16-5-17-33-87)78-111(118-116)88-34-18-6-19-35-88)104-66-52-91-70-90(40-41-92(91)72-104)95-53-67-107-109-76-94(55-69-114(109)122(115(107)77-95)98-36-20-7-21-37-98)97-71-96(82-30-14-4-15-31-82)73-105(74-97)120(101-58-44-84(45-59-101)80-26-10-2-11-27-80)102-60-46-85(47-61-102)81-28-12-3-13-29-81/h1-78H. The van der Waals surface area contributed by atoms with E-state index in [1.165, 1.54) is 54.9 Å². The fourth-order valence-electron chi connectivity index (χ4n) is 17.8. The number of nitrogens with zero attached hydrogens (tertiary/aromatic N) is 6. The highest BCUT2D eigenvalue weighted by atomic mass is 15.1. The van der Waals surface area contributed by atoms with Crippen molar-refractivity contribution in [3.8, 4) is 123 Å². The molecule has 0 N–H and O–H groups in total. The van der Waals surface area contributed by atoms with Gasteiger partial charge in [0.05, 0.1) is 33.5 Å². The van der Waals surface area contributed by atoms with E-state index in [2.05, 4.69) is 480 Å². The van der Waals surface area contributed by atoms with Crippen LogP contribution in [0.4, 0.5) is 34.1 Å². The number of rotatable bonds is 18. The number of fused-ring (bicyclic) bond motifs is 7. The van der Waals surface area contributed by atoms with Crippen molar-refractivity contribution in [3.63, 3.8) is 0 Å². The van der Waals surface area contributed by atoms with Gasteiger partial charge in [-0.3, -0.25) is 0 Å². The van der Waals surface area contributed by atoms with Crippen LogP contribution in [0.3, 0.4) is 0 Å². The van der Waals surface area contributed by atoms with Crippen LogP contribution in [0, 0.1) is 0 Å². The van der Waals surface area contributed by atoms with Gasteiger partial charge in [0.1, 0.15) is 0 Å². The largest absolute Gasteiger partial charge is 0.310 e. The SMILES string of the molecule is c1ccc(-c2ccc(N(c3ccc(-c4ccccc4)cc3)c3cc(-c4ccccc4)cc(-c4ccc5c(c4)c4ccc(-c6ccc7cc(N(c8ccc(-c9ccccc9)cc8)c8ccc(-c9ccc%10c(c9)c9ccccc9n%10-c9ccc(-c%10nc(-c%11ccccc%11)cc(-c%11ccccc%11)n%10)cc9)cc8)ccc7c6)cc4n5-c4ccccc4)c3)cc2)cc1. The molecule has 0 aliphatic rings. The zero-order chi connectivity index (χ0) is 80.8. The minimum Gasteiger partial charge on any atom is -0.310 e. The molecule has 19 aromatic carbocycles. The quantitative estimate of drug-likeness (QED) is 0.0859. The fraction of sp³-hybridized carbons (Fsp3) is 0. The van der Waals surface area contributed by atoms with Gasteiger partial charge in [-0.15, -0.1) is 0 Å². The maximum atomic E-state index is 5.14. The monoisotopic (exact) mass is 1550 g/mol. The van der Waals surface area contributed by atoms with Gasteiger partial charge < -0.3 is 18.9 Å². The van der Waals surface area contributed by atoms with E-state index in [0.29, 0.717) is 5.82 Å². The van der Waals surface area contributed by atoms with Gasteiger partial charge in [-0.25, -0.2) is 9.97 Å². The first-order valence-corrected chi connectivity index (χ1v) is 41.6. The van der Waals surface area contributed by atoms with E-state index < -0.39 is 0 Å². The molecule has 0 radical (unpaired) electrons. The third-order valence-electron chi connectivity index (χ3n) is 23.9. The molecule has 0 atom stereocenters. The first-order valence-electron chi connectivity index (χ1n) is 41.6. The topological polar surface area (TPSA) is 42.1 Å². The molecule has 0 unspecified atom stereocenters. The molecule has 22 aromatic rings. The van der Waals surface area contributed by atoms with Gasteiger partial charge in [-0.05, 0) is 252 Å². The van der Waals surface area contributed by atoms with E-state index in [4.69, 9.17) is 9.97 Å². The molecule has 0 spiro atoms. The Kier molecular flexibility index (Phi) is 18.5. The molecule has 122 heavy (non-hydrogen) atoms. The molecular weight excluding hydrogens is 1480 g/mol. The Hall–Kier alpha value is -16.3. The van der Waals surface area contributed by atoms with E-state index >= 15 is 0 Å². The van der Waals surface area contributed by atoms with Gasteiger partial charge in [0, 0.05) is 83.7 Å². The lowest BCUT2D eigenvalue weighted by atomic mass is 9.95. The summed E-state index contributed by atoms with van der Waals surface area (Å²) >= 11 is 0. The van der Waals surface area contributed by atoms with Crippen molar-refractivity contribution in [1.82, 2.24) is 19.1 Å². The number of aromatic nitrogens is 4. The summed E-state index contributed by atoms with van der Waals surface area (Å²) in [4.78, 5) is 15.1. The summed E-state index contributed by atoms with van der Waals surface area (Å²) in [5.41, 5.74) is 34.1. The maximum absolute atomic E-state index is 5.14. The highest BCUT2D eigenvalue weighted by Gasteiger charge is 2.23. The van der Waals surface area contributed by atoms with Crippen LogP contribution in [0.15, 0.2) is 473 Å². The zero-order valence-corrected chi connectivity index (χ0v) is 66.7. The Morgan fingerprint density at radius 3 is 0.967 bits per heavy atom. The second-order valence-electron chi connectivity index (χ2n) is 31.3. The molecule has 572 valence electrons. The molecule has 6 nitrogen and oxygen atoms in total. The molecule has 0 aliphatic carbocycles. The highest BCUT2D eigenvalue weighted by molar-refractivity contribution is 6.13. The molecule has 0 bridgehead atoms. The van der Waals surface area contributed by atoms with Crippen LogP contribution in [-0.4, -0.2) is 19.1 Å². The van der Waals surface area contributed by atoms with Crippen LogP contribution in [0.5, 0.6) is 0 Å². The third-order valence-corrected chi connectivity index (χ3v) is 23.9. The van der Waals surface area contributed by atoms with Gasteiger partial charge in [-0.1, -0.05) is 309 Å². The molecule has 0 aliphatic heterocycles. The summed E-state index contributed by atoms with van der Waals surface area (Å²) in [6.07, 6.45) is 0. The summed E-state index contributed by atoms with van der Waals surface area (Å²) < 4.78 is 4.81. The second kappa shape index (κ2) is 31.3. The zero-order valence-electron chi connectivity index (χ0n) is 66.7. The van der Waals surface area contributed by atoms with Gasteiger partial charge in [0.25, 0.3) is 0 Å². The third kappa shape index (κ3) is 13.8. The molecule has 0 amide bonds. The Bertz CT molecular complexity index is 7450. The lowest BCUT2D eigenvalue weighted by Crippen LogP contribution is -2.10. The van der Waals surface area contributed by atoms with Gasteiger partial charge in [0.2, 0.25) is 0 Å². The maximum Gasteiger partial charge on any atom is 0.160 e. The van der Waals surface area contributed by atoms with Crippen molar-refractivity contribution in [2.45, 2.75) is 0 Å². The lowest BCUT2D eigenvalue weighted by Gasteiger charge is -2.27. The van der Waals surface area contributed by atoms with Crippen LogP contribution >= 0.6 is 0 Å². The summed E-state index contributed by atoms with van der Waals surface area (Å²) in [6.45, 7) is 0. The Labute approximate surface area is 709 Å². The molecule has 6 heteroatoms. The Morgan fingerprint density at radius 2 is 0.467 bits per heavy atom. The summed E-state index contributed by atoms with van der Waals surface area (Å²) in [5.74, 6) is 0.683. The van der Waals surface area contributed by atoms with Crippen molar-refractivity contribution >= 4 is 88.5 Å². The van der Waals surface area contributed by atoms with Crippen molar-refractivity contribution in [2.24, 2.45) is 0 Å². The van der Waals surface area contributed by atoms with Gasteiger partial charge in [-0.2, -0.15) is 0 Å². The number of hydrogen-bond acceptors (Lipinski definition) is 4. The molecule has 0 saturated carbocycles. The summed E-state index contributed by atoms with van der Waals surface area (Å²) in [6, 6.07) is 172. The predicted octanol–water partition coefficient (Wildman–Crippen LogP) is 31.4. The van der Waals surface area contributed by atoms with Gasteiger partial charge >= 0.3 is 0 Å². The van der Waals surface area contributed by atoms with Crippen molar-refractivity contribution in [3.05, 3.63) is 473 Å². The number of hydrogen-bond donors (Lipinski definition) is 0. The highest BCUT2D eigenvalue weighted by Crippen LogP contribution is 2.46. The smallest absolute Gasteiger partial charge is 0.160 e. The summed E-state index contributed by atoms with van der Waals surface area (Å²) in [5, 5.41) is 7.05. The minimum absolute atomic E-state index is 0.683. The van der Waals surface area contributed by atoms with Crippen molar-refractivity contribution in [1.29, 1.82) is 0 Å². The average molecular weight is 1560 g/mol. The lowest BCUT2D eigenvalue weighted by molar-refractivity contribution is 1.16. The van der Waals surface area contributed by atoms with E-state index in [1.807, 2.05) is 12.1 Å². The number of para-hydroxylation sites is 2. The fourth-order valence-corrected chi connectivity index (χ4v) is 17.8. The molecule has 3 heterocycles. The molecular formula is C116H78N6. The molecule has 3 aromatic heterocycles. The molecule has 22 rings (SSSR count). The predicted molar refractivity (Wildman–Crippen MR) is 512 cm³/mol. The van der Waals surface area contributed by atoms with Crippen LogP contribution in [0.25, 0.3) is 178 Å². The van der Waals surface area contributed by atoms with Crippen molar-refractivity contribution < 1.29 is 0 Å². The summed E-state index contributed by atoms with van der Waals surface area (Å²) in [7, 11) is 0. The van der Waals surface area contributed by atoms with Crippen LogP contribution in [0.1, 0.15) is 0 Å². The molecule has 0 fully saturated rings. The van der Waals surface area contributed by atoms with Gasteiger partial charge in [0.15, 0.2) is 5.82 Å². The van der Waals surface area contributed by atoms with Crippen LogP contribution in [-0.2, 0) is 0 Å². The van der Waals surface area contributed by atoms with Crippen LogP contribution < -0.4 is 9.80 Å². The van der Waals surface area contributed by atoms with E-state index in [1.54, 1.807) is 0 Å². The van der Waals surface area contributed by atoms with Crippen molar-refractivity contribution in [2.75, 3.05) is 9.80 Å². The van der Waals surface area contributed by atoms with E-state index in [9.17, 15) is 0 Å². The first-order chi connectivity index (χ1) is 60.4. The van der Waals surface area contributed by atoms with E-state index in [-0.39, 0.29) is 0 Å².